The van der Waals surface area contributed by atoms with Crippen LogP contribution in [-0.2, 0) is 6.42 Å². The number of rotatable bonds is 3. The number of hydrogen-bond acceptors (Lipinski definition) is 0. The number of hydrogen-bond donors (Lipinski definition) is 0. The second-order valence-corrected chi connectivity index (χ2v) is 6.39. The Kier molecular flexibility index (Phi) is 4.82. The van der Waals surface area contributed by atoms with Crippen LogP contribution in [0.4, 0.5) is 4.39 Å². The summed E-state index contributed by atoms with van der Waals surface area (Å²) in [6.07, 6.45) is 0.766. The van der Waals surface area contributed by atoms with Crippen molar-refractivity contribution in [2.45, 2.75) is 11.2 Å². The van der Waals surface area contributed by atoms with Crippen molar-refractivity contribution < 1.29 is 4.39 Å². The molecule has 2 aromatic rings. The first-order valence-corrected chi connectivity index (χ1v) is 7.48. The predicted octanol–water partition coefficient (Wildman–Crippen LogP) is 5.92. The molecule has 0 aliphatic heterocycles. The summed E-state index contributed by atoms with van der Waals surface area (Å²) in [6.45, 7) is 0. The third-order valence-corrected chi connectivity index (χ3v) is 4.27. The first-order chi connectivity index (χ1) is 8.56. The van der Waals surface area contributed by atoms with Crippen molar-refractivity contribution in [1.29, 1.82) is 0 Å². The van der Waals surface area contributed by atoms with E-state index in [2.05, 4.69) is 31.9 Å². The van der Waals surface area contributed by atoms with E-state index in [1.807, 2.05) is 18.2 Å². The maximum atomic E-state index is 12.8. The molecule has 0 saturated heterocycles. The molecule has 0 fully saturated rings. The van der Waals surface area contributed by atoms with Gasteiger partial charge in [-0.15, -0.1) is 0 Å². The van der Waals surface area contributed by atoms with Gasteiger partial charge in [-0.25, -0.2) is 4.39 Å². The Morgan fingerprint density at radius 1 is 1.11 bits per heavy atom. The molecule has 94 valence electrons. The second kappa shape index (κ2) is 6.18. The van der Waals surface area contributed by atoms with Crippen LogP contribution in [0.5, 0.6) is 0 Å². The number of halogens is 4. The summed E-state index contributed by atoms with van der Waals surface area (Å²) in [6, 6.07) is 12.3. The number of benzene rings is 2. The van der Waals surface area contributed by atoms with E-state index >= 15 is 0 Å². The summed E-state index contributed by atoms with van der Waals surface area (Å²) in [7, 11) is 0. The van der Waals surface area contributed by atoms with Gasteiger partial charge in [-0.2, -0.15) is 0 Å². The Bertz CT molecular complexity index is 540. The molecule has 4 heteroatoms. The Morgan fingerprint density at radius 2 is 1.78 bits per heavy atom. The standard InChI is InChI=1S/C14H10Br2ClF/c15-10-3-6-12(14(17)8-10)13(16)7-9-1-4-11(18)5-2-9/h1-6,8,13H,7H2. The molecule has 2 rings (SSSR count). The zero-order valence-corrected chi connectivity index (χ0v) is 13.3. The molecule has 0 saturated carbocycles. The van der Waals surface area contributed by atoms with E-state index in [4.69, 9.17) is 11.6 Å². The average Bonchev–Trinajstić information content (AvgIpc) is 2.32. The minimum atomic E-state index is -0.216. The SMILES string of the molecule is Fc1ccc(CC(Br)c2ccc(Br)cc2Cl)cc1. The van der Waals surface area contributed by atoms with E-state index < -0.39 is 0 Å². The monoisotopic (exact) mass is 390 g/mol. The smallest absolute Gasteiger partial charge is 0.123 e. The van der Waals surface area contributed by atoms with Crippen LogP contribution in [0.3, 0.4) is 0 Å². The highest BCUT2D eigenvalue weighted by Gasteiger charge is 2.12. The fourth-order valence-electron chi connectivity index (χ4n) is 1.69. The van der Waals surface area contributed by atoms with Gasteiger partial charge in [-0.3, -0.25) is 0 Å². The zero-order chi connectivity index (χ0) is 13.1. The first-order valence-electron chi connectivity index (χ1n) is 5.40. The lowest BCUT2D eigenvalue weighted by molar-refractivity contribution is 0.627. The van der Waals surface area contributed by atoms with Crippen LogP contribution >= 0.6 is 43.5 Å². The van der Waals surface area contributed by atoms with Gasteiger partial charge in [0, 0.05) is 14.3 Å². The van der Waals surface area contributed by atoms with Crippen molar-refractivity contribution in [1.82, 2.24) is 0 Å². The van der Waals surface area contributed by atoms with Crippen molar-refractivity contribution in [3.05, 3.63) is 68.9 Å². The van der Waals surface area contributed by atoms with Crippen LogP contribution in [0.25, 0.3) is 0 Å². The molecule has 18 heavy (non-hydrogen) atoms. The maximum absolute atomic E-state index is 12.8. The molecule has 0 bridgehead atoms. The summed E-state index contributed by atoms with van der Waals surface area (Å²) >= 11 is 13.2. The first kappa shape index (κ1) is 14.0. The predicted molar refractivity (Wildman–Crippen MR) is 80.9 cm³/mol. The van der Waals surface area contributed by atoms with Gasteiger partial charge >= 0.3 is 0 Å². The topological polar surface area (TPSA) is 0 Å². The lowest BCUT2D eigenvalue weighted by Crippen LogP contribution is -1.96. The van der Waals surface area contributed by atoms with E-state index in [9.17, 15) is 4.39 Å². The van der Waals surface area contributed by atoms with Gasteiger partial charge in [0.15, 0.2) is 0 Å². The highest BCUT2D eigenvalue weighted by Crippen LogP contribution is 2.33. The summed E-state index contributed by atoms with van der Waals surface area (Å²) in [5.41, 5.74) is 2.10. The largest absolute Gasteiger partial charge is 0.207 e. The molecule has 0 aromatic heterocycles. The molecule has 0 nitrogen and oxygen atoms in total. The van der Waals surface area contributed by atoms with Gasteiger partial charge in [-0.05, 0) is 41.8 Å². The van der Waals surface area contributed by atoms with Crippen LogP contribution < -0.4 is 0 Å². The van der Waals surface area contributed by atoms with Gasteiger partial charge < -0.3 is 0 Å². The van der Waals surface area contributed by atoms with E-state index in [1.54, 1.807) is 12.1 Å². The van der Waals surface area contributed by atoms with Crippen molar-refractivity contribution in [2.75, 3.05) is 0 Å². The summed E-state index contributed by atoms with van der Waals surface area (Å²) < 4.78 is 13.8. The molecule has 0 radical (unpaired) electrons. The van der Waals surface area contributed by atoms with E-state index in [0.29, 0.717) is 5.02 Å². The summed E-state index contributed by atoms with van der Waals surface area (Å²) in [5, 5.41) is 0.716. The third-order valence-electron chi connectivity index (χ3n) is 2.63. The van der Waals surface area contributed by atoms with Crippen LogP contribution in [0.15, 0.2) is 46.9 Å². The Morgan fingerprint density at radius 3 is 2.39 bits per heavy atom. The Labute approximate surface area is 127 Å². The van der Waals surface area contributed by atoms with E-state index in [-0.39, 0.29) is 10.6 Å². The quantitative estimate of drug-likeness (QED) is 0.569. The lowest BCUT2D eigenvalue weighted by Gasteiger charge is -2.12. The Balaban J connectivity index is 2.16. The van der Waals surface area contributed by atoms with Crippen molar-refractivity contribution >= 4 is 43.5 Å². The van der Waals surface area contributed by atoms with Crippen LogP contribution in [0.1, 0.15) is 16.0 Å². The molecule has 0 heterocycles. The van der Waals surface area contributed by atoms with Gasteiger partial charge in [-0.1, -0.05) is 61.7 Å². The molecule has 2 aromatic carbocycles. The van der Waals surface area contributed by atoms with Gasteiger partial charge in [0.05, 0.1) is 0 Å². The molecular weight excluding hydrogens is 382 g/mol. The fraction of sp³-hybridized carbons (Fsp3) is 0.143. The van der Waals surface area contributed by atoms with Crippen LogP contribution in [0.2, 0.25) is 5.02 Å². The molecule has 0 aliphatic rings. The highest BCUT2D eigenvalue weighted by molar-refractivity contribution is 9.10. The second-order valence-electron chi connectivity index (χ2n) is 3.96. The zero-order valence-electron chi connectivity index (χ0n) is 9.34. The van der Waals surface area contributed by atoms with Gasteiger partial charge in [0.25, 0.3) is 0 Å². The van der Waals surface area contributed by atoms with E-state index in [1.165, 1.54) is 12.1 Å². The van der Waals surface area contributed by atoms with Crippen LogP contribution in [0, 0.1) is 5.82 Å². The average molecular weight is 392 g/mol. The molecule has 0 amide bonds. The molecule has 0 N–H and O–H groups in total. The Hall–Kier alpha value is -0.380. The van der Waals surface area contributed by atoms with Crippen LogP contribution in [-0.4, -0.2) is 0 Å². The molecule has 1 unspecified atom stereocenters. The third kappa shape index (κ3) is 3.56. The normalized spacial score (nSPS) is 12.4. The highest BCUT2D eigenvalue weighted by atomic mass is 79.9. The molecule has 1 atom stereocenters. The van der Waals surface area contributed by atoms with E-state index in [0.717, 1.165) is 22.0 Å². The van der Waals surface area contributed by atoms with Gasteiger partial charge in [0.2, 0.25) is 0 Å². The molecular formula is C14H10Br2ClF. The summed E-state index contributed by atoms with van der Waals surface area (Å²) in [4.78, 5) is 0.114. The van der Waals surface area contributed by atoms with Crippen molar-refractivity contribution in [2.24, 2.45) is 0 Å². The number of alkyl halides is 1. The maximum Gasteiger partial charge on any atom is 0.123 e. The van der Waals surface area contributed by atoms with Crippen molar-refractivity contribution in [3.63, 3.8) is 0 Å². The molecule has 0 aliphatic carbocycles. The van der Waals surface area contributed by atoms with Crippen molar-refractivity contribution in [3.8, 4) is 0 Å². The lowest BCUT2D eigenvalue weighted by atomic mass is 10.0. The fourth-order valence-corrected chi connectivity index (χ4v) is 3.40. The van der Waals surface area contributed by atoms with Gasteiger partial charge in [0.1, 0.15) is 5.82 Å². The minimum absolute atomic E-state index is 0.114. The minimum Gasteiger partial charge on any atom is -0.207 e. The summed E-state index contributed by atoms with van der Waals surface area (Å²) in [5.74, 6) is -0.216. The molecule has 0 spiro atoms.